The Morgan fingerprint density at radius 2 is 2.33 bits per heavy atom. The summed E-state index contributed by atoms with van der Waals surface area (Å²) in [4.78, 5) is 0. The average molecular weight is 225 g/mol. The molecular weight excluding hydrogens is 212 g/mol. The number of ether oxygens (including phenoxy) is 2. The number of hydrogen-bond acceptors (Lipinski definition) is 2. The molecule has 0 N–H and O–H groups in total. The van der Waals surface area contributed by atoms with E-state index in [4.69, 9.17) is 21.1 Å². The van der Waals surface area contributed by atoms with Gasteiger partial charge in [0.1, 0.15) is 5.60 Å². The van der Waals surface area contributed by atoms with Gasteiger partial charge in [-0.25, -0.2) is 0 Å². The lowest BCUT2D eigenvalue weighted by Gasteiger charge is -2.21. The quantitative estimate of drug-likeness (QED) is 0.683. The minimum atomic E-state index is -0.169. The highest BCUT2D eigenvalue weighted by Gasteiger charge is 2.43. The van der Waals surface area contributed by atoms with E-state index in [1.165, 1.54) is 11.1 Å². The summed E-state index contributed by atoms with van der Waals surface area (Å²) in [6, 6.07) is 6.37. The average Bonchev–Trinajstić information content (AvgIpc) is 2.89. The number of halogens is 1. The van der Waals surface area contributed by atoms with Crippen LogP contribution in [-0.4, -0.2) is 13.2 Å². The van der Waals surface area contributed by atoms with Gasteiger partial charge >= 0.3 is 0 Å². The number of rotatable bonds is 1. The zero-order valence-electron chi connectivity index (χ0n) is 8.46. The number of alkyl halides is 1. The Hall–Kier alpha value is -0.570. The van der Waals surface area contributed by atoms with Crippen LogP contribution in [0.2, 0.25) is 0 Å². The van der Waals surface area contributed by atoms with Gasteiger partial charge in [0.05, 0.1) is 13.2 Å². The third-order valence-corrected chi connectivity index (χ3v) is 3.62. The SMILES string of the molecule is ClCc1ccc2c(c1)C1(CCOC1)OC2. The van der Waals surface area contributed by atoms with Crippen molar-refractivity contribution in [2.24, 2.45) is 0 Å². The van der Waals surface area contributed by atoms with Crippen LogP contribution in [-0.2, 0) is 27.6 Å². The molecule has 1 aromatic carbocycles. The second kappa shape index (κ2) is 3.48. The van der Waals surface area contributed by atoms with Crippen molar-refractivity contribution in [2.45, 2.75) is 24.5 Å². The molecule has 0 aromatic heterocycles. The Labute approximate surface area is 94.1 Å². The summed E-state index contributed by atoms with van der Waals surface area (Å²) in [6.45, 7) is 2.19. The summed E-state index contributed by atoms with van der Waals surface area (Å²) in [6.07, 6.45) is 0.964. The summed E-state index contributed by atoms with van der Waals surface area (Å²) < 4.78 is 11.4. The summed E-state index contributed by atoms with van der Waals surface area (Å²) in [7, 11) is 0. The summed E-state index contributed by atoms with van der Waals surface area (Å²) in [5.41, 5.74) is 3.57. The van der Waals surface area contributed by atoms with Crippen LogP contribution in [0.1, 0.15) is 23.1 Å². The first-order valence-corrected chi connectivity index (χ1v) is 5.77. The summed E-state index contributed by atoms with van der Waals surface area (Å²) in [5, 5.41) is 0. The predicted molar refractivity (Wildman–Crippen MR) is 57.9 cm³/mol. The molecule has 0 radical (unpaired) electrons. The van der Waals surface area contributed by atoms with Gasteiger partial charge in [-0.3, -0.25) is 0 Å². The molecule has 0 aliphatic carbocycles. The van der Waals surface area contributed by atoms with Gasteiger partial charge < -0.3 is 9.47 Å². The molecule has 80 valence electrons. The highest BCUT2D eigenvalue weighted by atomic mass is 35.5. The van der Waals surface area contributed by atoms with Crippen molar-refractivity contribution in [1.82, 2.24) is 0 Å². The van der Waals surface area contributed by atoms with E-state index in [1.807, 2.05) is 0 Å². The second-order valence-corrected chi connectivity index (χ2v) is 4.48. The monoisotopic (exact) mass is 224 g/mol. The molecule has 0 saturated carbocycles. The van der Waals surface area contributed by atoms with E-state index in [2.05, 4.69) is 18.2 Å². The molecular formula is C12H13ClO2. The van der Waals surface area contributed by atoms with E-state index in [0.717, 1.165) is 18.6 Å². The van der Waals surface area contributed by atoms with Crippen molar-refractivity contribution in [2.75, 3.05) is 13.2 Å². The molecule has 1 spiro atoms. The van der Waals surface area contributed by atoms with Crippen molar-refractivity contribution in [3.8, 4) is 0 Å². The summed E-state index contributed by atoms with van der Waals surface area (Å²) >= 11 is 5.85. The van der Waals surface area contributed by atoms with E-state index in [-0.39, 0.29) is 5.60 Å². The number of hydrogen-bond donors (Lipinski definition) is 0. The van der Waals surface area contributed by atoms with Gasteiger partial charge in [0.25, 0.3) is 0 Å². The van der Waals surface area contributed by atoms with Crippen LogP contribution < -0.4 is 0 Å². The fraction of sp³-hybridized carbons (Fsp3) is 0.500. The Morgan fingerprint density at radius 3 is 3.07 bits per heavy atom. The van der Waals surface area contributed by atoms with Gasteiger partial charge in [0.2, 0.25) is 0 Å². The van der Waals surface area contributed by atoms with Crippen LogP contribution >= 0.6 is 11.6 Å². The van der Waals surface area contributed by atoms with Crippen LogP contribution in [0.25, 0.3) is 0 Å². The maximum Gasteiger partial charge on any atom is 0.119 e. The molecule has 15 heavy (non-hydrogen) atoms. The first-order chi connectivity index (χ1) is 7.34. The third kappa shape index (κ3) is 1.40. The van der Waals surface area contributed by atoms with Crippen LogP contribution in [0.5, 0.6) is 0 Å². The van der Waals surface area contributed by atoms with E-state index in [1.54, 1.807) is 0 Å². The van der Waals surface area contributed by atoms with Crippen molar-refractivity contribution in [3.05, 3.63) is 34.9 Å². The van der Waals surface area contributed by atoms with E-state index < -0.39 is 0 Å². The van der Waals surface area contributed by atoms with Gasteiger partial charge in [0, 0.05) is 18.9 Å². The minimum absolute atomic E-state index is 0.169. The minimum Gasteiger partial charge on any atom is -0.378 e. The van der Waals surface area contributed by atoms with Crippen molar-refractivity contribution in [3.63, 3.8) is 0 Å². The van der Waals surface area contributed by atoms with E-state index >= 15 is 0 Å². The fourth-order valence-corrected chi connectivity index (χ4v) is 2.59. The Kier molecular flexibility index (Phi) is 2.23. The van der Waals surface area contributed by atoms with E-state index in [0.29, 0.717) is 19.1 Å². The molecule has 1 aromatic rings. The van der Waals surface area contributed by atoms with Crippen molar-refractivity contribution in [1.29, 1.82) is 0 Å². The predicted octanol–water partition coefficient (Wildman–Crippen LogP) is 2.57. The fourth-order valence-electron chi connectivity index (χ4n) is 2.42. The van der Waals surface area contributed by atoms with Crippen LogP contribution in [0.15, 0.2) is 18.2 Å². The Bertz CT molecular complexity index is 383. The Balaban J connectivity index is 2.07. The first kappa shape index (κ1) is 9.64. The molecule has 2 heterocycles. The molecule has 3 rings (SSSR count). The highest BCUT2D eigenvalue weighted by molar-refractivity contribution is 6.17. The lowest BCUT2D eigenvalue weighted by Crippen LogP contribution is -2.25. The van der Waals surface area contributed by atoms with Gasteiger partial charge in [0.15, 0.2) is 0 Å². The van der Waals surface area contributed by atoms with Crippen molar-refractivity contribution < 1.29 is 9.47 Å². The third-order valence-electron chi connectivity index (χ3n) is 3.31. The topological polar surface area (TPSA) is 18.5 Å². The molecule has 0 bridgehead atoms. The molecule has 1 unspecified atom stereocenters. The largest absolute Gasteiger partial charge is 0.378 e. The first-order valence-electron chi connectivity index (χ1n) is 5.24. The van der Waals surface area contributed by atoms with Crippen LogP contribution in [0, 0.1) is 0 Å². The smallest absolute Gasteiger partial charge is 0.119 e. The molecule has 3 heteroatoms. The molecule has 2 nitrogen and oxygen atoms in total. The van der Waals surface area contributed by atoms with Crippen LogP contribution in [0.4, 0.5) is 0 Å². The second-order valence-electron chi connectivity index (χ2n) is 4.21. The molecule has 1 atom stereocenters. The van der Waals surface area contributed by atoms with Gasteiger partial charge in [-0.2, -0.15) is 0 Å². The molecule has 2 aliphatic rings. The standard InChI is InChI=1S/C12H13ClO2/c13-6-9-1-2-10-7-15-12(11(10)5-9)3-4-14-8-12/h1-2,5H,3-4,6-8H2. The van der Waals surface area contributed by atoms with E-state index in [9.17, 15) is 0 Å². The van der Waals surface area contributed by atoms with Crippen LogP contribution in [0.3, 0.4) is 0 Å². The number of fused-ring (bicyclic) bond motifs is 2. The number of benzene rings is 1. The lowest BCUT2D eigenvalue weighted by molar-refractivity contribution is -0.0421. The normalized spacial score (nSPS) is 28.6. The maximum absolute atomic E-state index is 5.90. The zero-order valence-corrected chi connectivity index (χ0v) is 9.22. The molecule has 1 saturated heterocycles. The Morgan fingerprint density at radius 1 is 1.40 bits per heavy atom. The highest BCUT2D eigenvalue weighted by Crippen LogP contribution is 2.42. The molecule has 1 fully saturated rings. The summed E-state index contributed by atoms with van der Waals surface area (Å²) in [5.74, 6) is 0.560. The van der Waals surface area contributed by atoms with Gasteiger partial charge in [-0.15, -0.1) is 11.6 Å². The molecule has 2 aliphatic heterocycles. The van der Waals surface area contributed by atoms with Crippen molar-refractivity contribution >= 4 is 11.6 Å². The van der Waals surface area contributed by atoms with Gasteiger partial charge in [-0.05, 0) is 16.7 Å². The van der Waals surface area contributed by atoms with Gasteiger partial charge in [-0.1, -0.05) is 18.2 Å². The lowest BCUT2D eigenvalue weighted by atomic mass is 9.90. The molecule has 0 amide bonds. The zero-order chi connectivity index (χ0) is 10.3. The maximum atomic E-state index is 5.90.